The van der Waals surface area contributed by atoms with Crippen LogP contribution in [0.2, 0.25) is 0 Å². The van der Waals surface area contributed by atoms with E-state index in [2.05, 4.69) is 12.2 Å². The summed E-state index contributed by atoms with van der Waals surface area (Å²) in [6.07, 6.45) is 12.7. The van der Waals surface area contributed by atoms with Crippen molar-refractivity contribution in [3.05, 3.63) is 23.3 Å². The van der Waals surface area contributed by atoms with E-state index in [1.54, 1.807) is 12.1 Å². The van der Waals surface area contributed by atoms with E-state index in [1.807, 2.05) is 0 Å². The minimum Gasteiger partial charge on any atom is -0.504 e. The monoisotopic (exact) mass is 341 g/mol. The molecule has 0 fully saturated rings. The molecular weight excluding hydrogens is 310 g/mol. The Bertz CT molecular complexity index is 465. The molecule has 132 valence electrons. The molecule has 0 radical (unpaired) electrons. The maximum absolute atomic E-state index is 9.73. The molecule has 0 aromatic heterocycles. The van der Waals surface area contributed by atoms with Crippen molar-refractivity contribution in [1.82, 2.24) is 5.32 Å². The second-order valence-electron chi connectivity index (χ2n) is 6.56. The van der Waals surface area contributed by atoms with Gasteiger partial charge in [-0.2, -0.15) is 0 Å². The Morgan fingerprint density at radius 1 is 0.957 bits per heavy atom. The fraction of sp³-hybridized carbons (Fsp3) is 0.684. The molecule has 0 bridgehead atoms. The van der Waals surface area contributed by atoms with Crippen molar-refractivity contribution in [2.45, 2.75) is 77.2 Å². The Morgan fingerprint density at radius 3 is 2.26 bits per heavy atom. The smallest absolute Gasteiger partial charge is 0.157 e. The number of rotatable bonds is 9. The van der Waals surface area contributed by atoms with E-state index >= 15 is 0 Å². The molecule has 0 amide bonds. The average Bonchev–Trinajstić information content (AvgIpc) is 2.51. The molecule has 2 rings (SSSR count). The zero-order chi connectivity index (χ0) is 15.8. The normalized spacial score (nSPS) is 16.7. The fourth-order valence-electron chi connectivity index (χ4n) is 3.41. The van der Waals surface area contributed by atoms with E-state index in [-0.39, 0.29) is 23.9 Å². The third-order valence-electron chi connectivity index (χ3n) is 4.74. The number of phenols is 2. The summed E-state index contributed by atoms with van der Waals surface area (Å²) < 4.78 is 0. The van der Waals surface area contributed by atoms with E-state index in [1.165, 1.54) is 62.5 Å². The minimum atomic E-state index is 0. The molecule has 4 heteroatoms. The highest BCUT2D eigenvalue weighted by molar-refractivity contribution is 5.85. The van der Waals surface area contributed by atoms with Gasteiger partial charge >= 0.3 is 0 Å². The van der Waals surface area contributed by atoms with E-state index in [0.29, 0.717) is 6.04 Å². The fourth-order valence-corrected chi connectivity index (χ4v) is 3.41. The van der Waals surface area contributed by atoms with Crippen molar-refractivity contribution < 1.29 is 10.2 Å². The Kier molecular flexibility index (Phi) is 9.42. The van der Waals surface area contributed by atoms with Gasteiger partial charge in [-0.3, -0.25) is 0 Å². The van der Waals surface area contributed by atoms with Gasteiger partial charge in [0.1, 0.15) is 0 Å². The largest absolute Gasteiger partial charge is 0.504 e. The van der Waals surface area contributed by atoms with Crippen molar-refractivity contribution in [1.29, 1.82) is 0 Å². The molecule has 0 aliphatic carbocycles. The summed E-state index contributed by atoms with van der Waals surface area (Å²) in [7, 11) is 0. The van der Waals surface area contributed by atoms with E-state index in [9.17, 15) is 10.2 Å². The van der Waals surface area contributed by atoms with Crippen molar-refractivity contribution in [2.24, 2.45) is 0 Å². The van der Waals surface area contributed by atoms with Gasteiger partial charge in [0.15, 0.2) is 11.5 Å². The van der Waals surface area contributed by atoms with Gasteiger partial charge in [-0.25, -0.2) is 0 Å². The highest BCUT2D eigenvalue weighted by atomic mass is 35.5. The number of nitrogens with one attached hydrogen (secondary N) is 1. The Balaban J connectivity index is 0.00000264. The summed E-state index contributed by atoms with van der Waals surface area (Å²) in [4.78, 5) is 0. The highest BCUT2D eigenvalue weighted by Gasteiger charge is 2.21. The molecule has 1 heterocycles. The number of halogens is 1. The standard InChI is InChI=1S/C19H31NO2.ClH/c1-2-3-4-5-6-7-8-9-10-17-16-14-19(22)18(21)13-15(16)11-12-20-17;/h13-14,17,20-22H,2-12H2,1H3;1H. The van der Waals surface area contributed by atoms with Gasteiger partial charge in [0, 0.05) is 6.04 Å². The molecule has 1 aromatic carbocycles. The summed E-state index contributed by atoms with van der Waals surface area (Å²) in [5.41, 5.74) is 2.35. The molecule has 0 saturated carbocycles. The van der Waals surface area contributed by atoms with Crippen LogP contribution in [0, 0.1) is 0 Å². The van der Waals surface area contributed by atoms with Gasteiger partial charge in [-0.15, -0.1) is 12.4 Å². The first-order valence-electron chi connectivity index (χ1n) is 9.00. The molecule has 1 unspecified atom stereocenters. The first-order chi connectivity index (χ1) is 10.7. The molecule has 1 aliphatic heterocycles. The van der Waals surface area contributed by atoms with Crippen molar-refractivity contribution >= 4 is 12.4 Å². The minimum absolute atomic E-state index is 0. The summed E-state index contributed by atoms with van der Waals surface area (Å²) in [5.74, 6) is 0.00912. The lowest BCUT2D eigenvalue weighted by atomic mass is 9.90. The summed E-state index contributed by atoms with van der Waals surface area (Å²) in [6.45, 7) is 3.21. The topological polar surface area (TPSA) is 52.5 Å². The molecule has 23 heavy (non-hydrogen) atoms. The molecule has 1 aromatic rings. The summed E-state index contributed by atoms with van der Waals surface area (Å²) in [6, 6.07) is 3.80. The molecule has 3 nitrogen and oxygen atoms in total. The van der Waals surface area contributed by atoms with Crippen LogP contribution in [-0.4, -0.2) is 16.8 Å². The van der Waals surface area contributed by atoms with E-state index < -0.39 is 0 Å². The number of aromatic hydroxyl groups is 2. The second-order valence-corrected chi connectivity index (χ2v) is 6.56. The molecule has 0 saturated heterocycles. The Hall–Kier alpha value is -0.930. The van der Waals surface area contributed by atoms with Gasteiger partial charge < -0.3 is 15.5 Å². The second kappa shape index (κ2) is 10.8. The maximum Gasteiger partial charge on any atom is 0.157 e. The Morgan fingerprint density at radius 2 is 1.57 bits per heavy atom. The lowest BCUT2D eigenvalue weighted by Crippen LogP contribution is -2.29. The summed E-state index contributed by atoms with van der Waals surface area (Å²) >= 11 is 0. The predicted octanol–water partition coefficient (Wildman–Crippen LogP) is 5.24. The lowest BCUT2D eigenvalue weighted by molar-refractivity contribution is 0.395. The van der Waals surface area contributed by atoms with Crippen LogP contribution in [0.4, 0.5) is 0 Å². The van der Waals surface area contributed by atoms with E-state index in [0.717, 1.165) is 19.4 Å². The quantitative estimate of drug-likeness (QED) is 0.425. The third kappa shape index (κ3) is 6.23. The number of benzene rings is 1. The Labute approximate surface area is 146 Å². The van der Waals surface area contributed by atoms with Crippen LogP contribution < -0.4 is 5.32 Å². The van der Waals surface area contributed by atoms with Crippen LogP contribution >= 0.6 is 12.4 Å². The first kappa shape index (κ1) is 20.1. The lowest BCUT2D eigenvalue weighted by Gasteiger charge is -2.27. The van der Waals surface area contributed by atoms with Crippen LogP contribution in [0.3, 0.4) is 0 Å². The van der Waals surface area contributed by atoms with Gasteiger partial charge in [0.2, 0.25) is 0 Å². The van der Waals surface area contributed by atoms with Crippen molar-refractivity contribution in [3.8, 4) is 11.5 Å². The van der Waals surface area contributed by atoms with Gasteiger partial charge in [0.05, 0.1) is 0 Å². The van der Waals surface area contributed by atoms with Gasteiger partial charge in [0.25, 0.3) is 0 Å². The number of phenolic OH excluding ortho intramolecular Hbond substituents is 2. The van der Waals surface area contributed by atoms with Gasteiger partial charge in [-0.05, 0) is 42.6 Å². The molecule has 1 aliphatic rings. The van der Waals surface area contributed by atoms with Crippen LogP contribution in [0.5, 0.6) is 11.5 Å². The number of unbranched alkanes of at least 4 members (excludes halogenated alkanes) is 7. The average molecular weight is 342 g/mol. The van der Waals surface area contributed by atoms with Crippen LogP contribution in [-0.2, 0) is 6.42 Å². The number of hydrogen-bond acceptors (Lipinski definition) is 3. The van der Waals surface area contributed by atoms with Crippen molar-refractivity contribution in [3.63, 3.8) is 0 Å². The van der Waals surface area contributed by atoms with Crippen LogP contribution in [0.25, 0.3) is 0 Å². The summed E-state index contributed by atoms with van der Waals surface area (Å²) in [5, 5.41) is 22.9. The maximum atomic E-state index is 9.73. The zero-order valence-electron chi connectivity index (χ0n) is 14.3. The number of hydrogen-bond donors (Lipinski definition) is 3. The third-order valence-corrected chi connectivity index (χ3v) is 4.74. The predicted molar refractivity (Wildman–Crippen MR) is 98.7 cm³/mol. The highest BCUT2D eigenvalue weighted by Crippen LogP contribution is 2.35. The molecule has 0 spiro atoms. The molecule has 3 N–H and O–H groups in total. The molecular formula is C19H32ClNO2. The van der Waals surface area contributed by atoms with Crippen molar-refractivity contribution in [2.75, 3.05) is 6.54 Å². The van der Waals surface area contributed by atoms with E-state index in [4.69, 9.17) is 0 Å². The SMILES string of the molecule is CCCCCCCCCCC1NCCc2cc(O)c(O)cc21.Cl. The molecule has 1 atom stereocenters. The van der Waals surface area contributed by atoms with Crippen LogP contribution in [0.15, 0.2) is 12.1 Å². The first-order valence-corrected chi connectivity index (χ1v) is 9.00. The zero-order valence-corrected chi connectivity index (χ0v) is 15.1. The van der Waals surface area contributed by atoms with Gasteiger partial charge in [-0.1, -0.05) is 58.3 Å². The number of fused-ring (bicyclic) bond motifs is 1. The van der Waals surface area contributed by atoms with Crippen LogP contribution in [0.1, 0.15) is 81.9 Å².